The predicted octanol–water partition coefficient (Wildman–Crippen LogP) is 3.13. The Balaban J connectivity index is 2.12. The average Bonchev–Trinajstić information content (AvgIpc) is 2.50. The van der Waals surface area contributed by atoms with Crippen LogP contribution in [0.25, 0.3) is 0 Å². The van der Waals surface area contributed by atoms with E-state index in [1.165, 1.54) is 12.0 Å². The summed E-state index contributed by atoms with van der Waals surface area (Å²) in [6.07, 6.45) is 3.37. The second-order valence-electron chi connectivity index (χ2n) is 5.53. The van der Waals surface area contributed by atoms with Crippen LogP contribution in [0.1, 0.15) is 38.7 Å². The largest absolute Gasteiger partial charge is 0.494 e. The summed E-state index contributed by atoms with van der Waals surface area (Å²) < 4.78 is 11.1. The molecule has 1 aromatic rings. The normalized spacial score (nSPS) is 17.9. The average molecular weight is 277 g/mol. The SMILES string of the molecule is CCCNCC1(c2ccc(OCC)cc2)CCOCC1. The van der Waals surface area contributed by atoms with E-state index < -0.39 is 0 Å². The van der Waals surface area contributed by atoms with Crippen LogP contribution in [0.15, 0.2) is 24.3 Å². The van der Waals surface area contributed by atoms with Crippen molar-refractivity contribution in [1.29, 1.82) is 0 Å². The third-order valence-corrected chi connectivity index (χ3v) is 4.12. The predicted molar refractivity (Wildman–Crippen MR) is 82.5 cm³/mol. The minimum atomic E-state index is 0.220. The molecular weight excluding hydrogens is 250 g/mol. The van der Waals surface area contributed by atoms with Crippen molar-refractivity contribution in [3.8, 4) is 5.75 Å². The van der Waals surface area contributed by atoms with Gasteiger partial charge in [-0.25, -0.2) is 0 Å². The van der Waals surface area contributed by atoms with Gasteiger partial charge in [-0.15, -0.1) is 0 Å². The zero-order valence-electron chi connectivity index (χ0n) is 12.8. The number of ether oxygens (including phenoxy) is 2. The topological polar surface area (TPSA) is 30.5 Å². The maximum atomic E-state index is 5.56. The fourth-order valence-corrected chi connectivity index (χ4v) is 2.91. The molecule has 0 saturated carbocycles. The van der Waals surface area contributed by atoms with Crippen LogP contribution < -0.4 is 10.1 Å². The monoisotopic (exact) mass is 277 g/mol. The van der Waals surface area contributed by atoms with Crippen LogP contribution >= 0.6 is 0 Å². The highest BCUT2D eigenvalue weighted by Gasteiger charge is 2.33. The zero-order chi connectivity index (χ0) is 14.3. The summed E-state index contributed by atoms with van der Waals surface area (Å²) in [4.78, 5) is 0. The molecule has 1 N–H and O–H groups in total. The third kappa shape index (κ3) is 3.74. The molecule has 1 aromatic carbocycles. The molecule has 0 unspecified atom stereocenters. The quantitative estimate of drug-likeness (QED) is 0.777. The molecule has 112 valence electrons. The van der Waals surface area contributed by atoms with Crippen molar-refractivity contribution in [2.75, 3.05) is 32.9 Å². The lowest BCUT2D eigenvalue weighted by Gasteiger charge is -2.38. The van der Waals surface area contributed by atoms with Crippen molar-refractivity contribution in [2.24, 2.45) is 0 Å². The lowest BCUT2D eigenvalue weighted by molar-refractivity contribution is 0.0499. The Morgan fingerprint density at radius 1 is 1.15 bits per heavy atom. The summed E-state index contributed by atoms with van der Waals surface area (Å²) in [7, 11) is 0. The molecule has 0 amide bonds. The molecule has 0 aromatic heterocycles. The molecule has 20 heavy (non-hydrogen) atoms. The lowest BCUT2D eigenvalue weighted by atomic mass is 9.74. The molecule has 0 radical (unpaired) electrons. The van der Waals surface area contributed by atoms with Crippen molar-refractivity contribution in [1.82, 2.24) is 5.32 Å². The molecule has 3 heteroatoms. The first kappa shape index (κ1) is 15.3. The molecule has 0 aliphatic carbocycles. The van der Waals surface area contributed by atoms with E-state index in [0.717, 1.165) is 51.5 Å². The third-order valence-electron chi connectivity index (χ3n) is 4.12. The van der Waals surface area contributed by atoms with Crippen LogP contribution in [-0.2, 0) is 10.2 Å². The van der Waals surface area contributed by atoms with E-state index in [4.69, 9.17) is 9.47 Å². The molecule has 1 heterocycles. The molecule has 1 aliphatic rings. The molecule has 2 rings (SSSR count). The van der Waals surface area contributed by atoms with E-state index in [1.807, 2.05) is 6.92 Å². The molecule has 1 fully saturated rings. The van der Waals surface area contributed by atoms with Gasteiger partial charge in [-0.2, -0.15) is 0 Å². The molecule has 1 saturated heterocycles. The summed E-state index contributed by atoms with van der Waals surface area (Å²) in [6.45, 7) is 8.79. The molecule has 1 aliphatic heterocycles. The van der Waals surface area contributed by atoms with Crippen molar-refractivity contribution >= 4 is 0 Å². The van der Waals surface area contributed by atoms with E-state index in [9.17, 15) is 0 Å². The fraction of sp³-hybridized carbons (Fsp3) is 0.647. The molecule has 0 spiro atoms. The van der Waals surface area contributed by atoms with Crippen LogP contribution in [0.2, 0.25) is 0 Å². The lowest BCUT2D eigenvalue weighted by Crippen LogP contribution is -2.43. The number of benzene rings is 1. The van der Waals surface area contributed by atoms with Gasteiger partial charge in [0, 0.05) is 25.2 Å². The van der Waals surface area contributed by atoms with Crippen LogP contribution in [0.4, 0.5) is 0 Å². The van der Waals surface area contributed by atoms with Gasteiger partial charge < -0.3 is 14.8 Å². The second-order valence-corrected chi connectivity index (χ2v) is 5.53. The van der Waals surface area contributed by atoms with E-state index in [-0.39, 0.29) is 5.41 Å². The van der Waals surface area contributed by atoms with Crippen LogP contribution in [0, 0.1) is 0 Å². The first-order valence-electron chi connectivity index (χ1n) is 7.82. The Kier molecular flexibility index (Phi) is 5.86. The van der Waals surface area contributed by atoms with Crippen LogP contribution in [0.3, 0.4) is 0 Å². The first-order valence-corrected chi connectivity index (χ1v) is 7.82. The first-order chi connectivity index (χ1) is 9.80. The Hall–Kier alpha value is -1.06. The highest BCUT2D eigenvalue weighted by molar-refractivity contribution is 5.33. The van der Waals surface area contributed by atoms with Gasteiger partial charge in [0.1, 0.15) is 5.75 Å². The zero-order valence-corrected chi connectivity index (χ0v) is 12.8. The van der Waals surface area contributed by atoms with Crippen molar-refractivity contribution in [3.63, 3.8) is 0 Å². The molecular formula is C17H27NO2. The summed E-state index contributed by atoms with van der Waals surface area (Å²) in [6, 6.07) is 8.64. The Bertz CT molecular complexity index is 382. The minimum absolute atomic E-state index is 0.220. The van der Waals surface area contributed by atoms with Crippen LogP contribution in [0.5, 0.6) is 5.75 Å². The van der Waals surface area contributed by atoms with Gasteiger partial charge in [-0.3, -0.25) is 0 Å². The maximum absolute atomic E-state index is 5.56. The summed E-state index contributed by atoms with van der Waals surface area (Å²) in [5, 5.41) is 3.60. The highest BCUT2D eigenvalue weighted by Crippen LogP contribution is 2.35. The van der Waals surface area contributed by atoms with Gasteiger partial charge in [0.15, 0.2) is 0 Å². The molecule has 3 nitrogen and oxygen atoms in total. The number of hydrogen-bond donors (Lipinski definition) is 1. The fourth-order valence-electron chi connectivity index (χ4n) is 2.91. The number of hydrogen-bond acceptors (Lipinski definition) is 3. The Morgan fingerprint density at radius 2 is 1.85 bits per heavy atom. The highest BCUT2D eigenvalue weighted by atomic mass is 16.5. The van der Waals surface area contributed by atoms with E-state index in [0.29, 0.717) is 0 Å². The Labute approximate surface area is 122 Å². The van der Waals surface area contributed by atoms with Gasteiger partial charge in [-0.1, -0.05) is 19.1 Å². The number of rotatable bonds is 7. The summed E-state index contributed by atoms with van der Waals surface area (Å²) >= 11 is 0. The van der Waals surface area contributed by atoms with Gasteiger partial charge in [0.25, 0.3) is 0 Å². The van der Waals surface area contributed by atoms with Crippen molar-refractivity contribution in [2.45, 2.75) is 38.5 Å². The van der Waals surface area contributed by atoms with E-state index >= 15 is 0 Å². The van der Waals surface area contributed by atoms with Crippen LogP contribution in [-0.4, -0.2) is 32.9 Å². The second kappa shape index (κ2) is 7.65. The smallest absolute Gasteiger partial charge is 0.119 e. The van der Waals surface area contributed by atoms with Crippen molar-refractivity contribution < 1.29 is 9.47 Å². The van der Waals surface area contributed by atoms with Crippen molar-refractivity contribution in [3.05, 3.63) is 29.8 Å². The van der Waals surface area contributed by atoms with Gasteiger partial charge >= 0.3 is 0 Å². The maximum Gasteiger partial charge on any atom is 0.119 e. The summed E-state index contributed by atoms with van der Waals surface area (Å²) in [5.41, 5.74) is 1.63. The molecule has 0 atom stereocenters. The van der Waals surface area contributed by atoms with Gasteiger partial charge in [-0.05, 0) is 50.4 Å². The summed E-state index contributed by atoms with van der Waals surface area (Å²) in [5.74, 6) is 0.958. The molecule has 0 bridgehead atoms. The van der Waals surface area contributed by atoms with E-state index in [2.05, 4.69) is 36.5 Å². The number of nitrogens with one attached hydrogen (secondary N) is 1. The Morgan fingerprint density at radius 3 is 2.45 bits per heavy atom. The standard InChI is InChI=1S/C17H27NO2/c1-3-11-18-14-17(9-12-19-13-10-17)15-5-7-16(8-6-15)20-4-2/h5-8,18H,3-4,9-14H2,1-2H3. The van der Waals surface area contributed by atoms with E-state index in [1.54, 1.807) is 0 Å². The van der Waals surface area contributed by atoms with Gasteiger partial charge in [0.2, 0.25) is 0 Å². The van der Waals surface area contributed by atoms with Gasteiger partial charge in [0.05, 0.1) is 6.61 Å². The minimum Gasteiger partial charge on any atom is -0.494 e.